The first-order valence-corrected chi connectivity index (χ1v) is 6.19. The molecule has 0 unspecified atom stereocenters. The SMILES string of the molecule is C=C(c1ccccc1)n1ccc2cc(OC)ccc21. The van der Waals surface area contributed by atoms with Crippen molar-refractivity contribution in [2.75, 3.05) is 7.11 Å². The van der Waals surface area contributed by atoms with Crippen LogP contribution in [0.2, 0.25) is 0 Å². The molecule has 1 aromatic heterocycles. The van der Waals surface area contributed by atoms with Gasteiger partial charge < -0.3 is 9.30 Å². The van der Waals surface area contributed by atoms with Gasteiger partial charge in [-0.3, -0.25) is 0 Å². The standard InChI is InChI=1S/C17H15NO/c1-13(14-6-4-3-5-7-14)18-11-10-15-12-16(19-2)8-9-17(15)18/h3-12H,1H2,2H3. The summed E-state index contributed by atoms with van der Waals surface area (Å²) in [5.41, 5.74) is 3.23. The van der Waals surface area contributed by atoms with Crippen molar-refractivity contribution < 1.29 is 4.74 Å². The third-order valence-corrected chi connectivity index (χ3v) is 3.30. The minimum absolute atomic E-state index is 0.871. The lowest BCUT2D eigenvalue weighted by atomic mass is 10.1. The average molecular weight is 249 g/mol. The van der Waals surface area contributed by atoms with E-state index in [4.69, 9.17) is 4.74 Å². The van der Waals surface area contributed by atoms with E-state index >= 15 is 0 Å². The van der Waals surface area contributed by atoms with Crippen LogP contribution < -0.4 is 4.74 Å². The number of ether oxygens (including phenoxy) is 1. The van der Waals surface area contributed by atoms with Crippen molar-refractivity contribution in [2.45, 2.75) is 0 Å². The van der Waals surface area contributed by atoms with Crippen molar-refractivity contribution >= 4 is 16.6 Å². The summed E-state index contributed by atoms with van der Waals surface area (Å²) in [5, 5.41) is 1.15. The molecule has 0 fully saturated rings. The summed E-state index contributed by atoms with van der Waals surface area (Å²) in [7, 11) is 1.68. The number of hydrogen-bond acceptors (Lipinski definition) is 1. The van der Waals surface area contributed by atoms with Crippen LogP contribution in [0, 0.1) is 0 Å². The van der Waals surface area contributed by atoms with Crippen molar-refractivity contribution in [3.8, 4) is 5.75 Å². The molecule has 0 aliphatic rings. The van der Waals surface area contributed by atoms with E-state index in [1.165, 1.54) is 0 Å². The van der Waals surface area contributed by atoms with E-state index in [0.29, 0.717) is 0 Å². The van der Waals surface area contributed by atoms with Gasteiger partial charge in [-0.2, -0.15) is 0 Å². The topological polar surface area (TPSA) is 14.2 Å². The molecule has 2 nitrogen and oxygen atoms in total. The Bertz CT molecular complexity index is 725. The molecule has 0 radical (unpaired) electrons. The summed E-state index contributed by atoms with van der Waals surface area (Å²) in [6, 6.07) is 18.3. The molecule has 19 heavy (non-hydrogen) atoms. The second-order valence-electron chi connectivity index (χ2n) is 4.42. The molecule has 0 amide bonds. The second-order valence-corrected chi connectivity index (χ2v) is 4.42. The molecule has 0 spiro atoms. The summed E-state index contributed by atoms with van der Waals surface area (Å²) in [6.07, 6.45) is 2.04. The van der Waals surface area contributed by atoms with Crippen molar-refractivity contribution in [3.63, 3.8) is 0 Å². The van der Waals surface area contributed by atoms with E-state index in [1.54, 1.807) is 7.11 Å². The highest BCUT2D eigenvalue weighted by Crippen LogP contribution is 2.26. The van der Waals surface area contributed by atoms with Gasteiger partial charge >= 0.3 is 0 Å². The molecule has 0 aliphatic carbocycles. The van der Waals surface area contributed by atoms with Crippen LogP contribution in [0.15, 0.2) is 67.4 Å². The lowest BCUT2D eigenvalue weighted by molar-refractivity contribution is 0.415. The van der Waals surface area contributed by atoms with Gasteiger partial charge in [0.25, 0.3) is 0 Å². The molecule has 0 N–H and O–H groups in total. The van der Waals surface area contributed by atoms with Crippen LogP contribution >= 0.6 is 0 Å². The zero-order valence-electron chi connectivity index (χ0n) is 10.8. The molecule has 0 saturated heterocycles. The predicted molar refractivity (Wildman–Crippen MR) is 79.4 cm³/mol. The van der Waals surface area contributed by atoms with Crippen LogP contribution in [0.25, 0.3) is 16.6 Å². The highest BCUT2D eigenvalue weighted by atomic mass is 16.5. The Morgan fingerprint density at radius 2 is 1.84 bits per heavy atom. The number of nitrogens with zero attached hydrogens (tertiary/aromatic N) is 1. The van der Waals surface area contributed by atoms with Gasteiger partial charge in [0.05, 0.1) is 12.6 Å². The Kier molecular flexibility index (Phi) is 2.84. The molecule has 3 aromatic rings. The van der Waals surface area contributed by atoms with Crippen LogP contribution in [0.5, 0.6) is 5.75 Å². The first kappa shape index (κ1) is 11.6. The first-order valence-electron chi connectivity index (χ1n) is 6.19. The van der Waals surface area contributed by atoms with Gasteiger partial charge in [0.1, 0.15) is 5.75 Å². The minimum Gasteiger partial charge on any atom is -0.497 e. The quantitative estimate of drug-likeness (QED) is 0.679. The first-order chi connectivity index (χ1) is 9.29. The Hall–Kier alpha value is -2.48. The van der Waals surface area contributed by atoms with Crippen LogP contribution in [0.3, 0.4) is 0 Å². The van der Waals surface area contributed by atoms with Gasteiger partial charge in [0, 0.05) is 17.3 Å². The number of rotatable bonds is 3. The summed E-state index contributed by atoms with van der Waals surface area (Å²) >= 11 is 0. The summed E-state index contributed by atoms with van der Waals surface area (Å²) in [6.45, 7) is 4.19. The van der Waals surface area contributed by atoms with Gasteiger partial charge in [-0.05, 0) is 29.8 Å². The highest BCUT2D eigenvalue weighted by molar-refractivity contribution is 5.86. The molecule has 2 heteroatoms. The lowest BCUT2D eigenvalue weighted by Crippen LogP contribution is -1.95. The van der Waals surface area contributed by atoms with Gasteiger partial charge in [0.2, 0.25) is 0 Å². The molecule has 0 bridgehead atoms. The molecule has 94 valence electrons. The van der Waals surface area contributed by atoms with Crippen molar-refractivity contribution in [1.82, 2.24) is 4.57 Å². The normalized spacial score (nSPS) is 10.6. The number of methoxy groups -OCH3 is 1. The van der Waals surface area contributed by atoms with E-state index in [1.807, 2.05) is 36.5 Å². The molecule has 3 rings (SSSR count). The molecular weight excluding hydrogens is 234 g/mol. The molecule has 0 atom stereocenters. The fourth-order valence-corrected chi connectivity index (χ4v) is 2.25. The minimum atomic E-state index is 0.871. The monoisotopic (exact) mass is 249 g/mol. The average Bonchev–Trinajstić information content (AvgIpc) is 2.90. The third-order valence-electron chi connectivity index (χ3n) is 3.30. The summed E-state index contributed by atoms with van der Waals surface area (Å²) in [4.78, 5) is 0. The van der Waals surface area contributed by atoms with E-state index in [2.05, 4.69) is 35.4 Å². The van der Waals surface area contributed by atoms with E-state index in [-0.39, 0.29) is 0 Å². The molecule has 1 heterocycles. The second kappa shape index (κ2) is 4.65. The summed E-state index contributed by atoms with van der Waals surface area (Å²) < 4.78 is 7.35. The van der Waals surface area contributed by atoms with Crippen LogP contribution in [-0.4, -0.2) is 11.7 Å². The number of benzene rings is 2. The van der Waals surface area contributed by atoms with Gasteiger partial charge in [0.15, 0.2) is 0 Å². The highest BCUT2D eigenvalue weighted by Gasteiger charge is 2.06. The Morgan fingerprint density at radius 1 is 1.05 bits per heavy atom. The zero-order chi connectivity index (χ0) is 13.2. The van der Waals surface area contributed by atoms with E-state index in [0.717, 1.165) is 27.9 Å². The van der Waals surface area contributed by atoms with Gasteiger partial charge in [-0.1, -0.05) is 36.9 Å². The maximum absolute atomic E-state index is 5.24. The molecule has 0 saturated carbocycles. The smallest absolute Gasteiger partial charge is 0.119 e. The number of fused-ring (bicyclic) bond motifs is 1. The Balaban J connectivity index is 2.09. The van der Waals surface area contributed by atoms with Gasteiger partial charge in [-0.15, -0.1) is 0 Å². The van der Waals surface area contributed by atoms with Crippen molar-refractivity contribution in [2.24, 2.45) is 0 Å². The lowest BCUT2D eigenvalue weighted by Gasteiger charge is -2.09. The van der Waals surface area contributed by atoms with Crippen LogP contribution in [0.1, 0.15) is 5.56 Å². The van der Waals surface area contributed by atoms with Crippen LogP contribution in [-0.2, 0) is 0 Å². The van der Waals surface area contributed by atoms with E-state index in [9.17, 15) is 0 Å². The number of aromatic nitrogens is 1. The molecule has 2 aromatic carbocycles. The largest absolute Gasteiger partial charge is 0.497 e. The van der Waals surface area contributed by atoms with Crippen molar-refractivity contribution in [1.29, 1.82) is 0 Å². The molecular formula is C17H15NO. The van der Waals surface area contributed by atoms with Gasteiger partial charge in [-0.25, -0.2) is 0 Å². The Morgan fingerprint density at radius 3 is 2.58 bits per heavy atom. The molecule has 0 aliphatic heterocycles. The summed E-state index contributed by atoms with van der Waals surface area (Å²) in [5.74, 6) is 0.871. The third kappa shape index (κ3) is 2.02. The fraction of sp³-hybridized carbons (Fsp3) is 0.0588. The maximum atomic E-state index is 5.24. The number of hydrogen-bond donors (Lipinski definition) is 0. The Labute approximate surface area is 112 Å². The van der Waals surface area contributed by atoms with Crippen molar-refractivity contribution in [3.05, 3.63) is 72.9 Å². The zero-order valence-corrected chi connectivity index (χ0v) is 10.8. The maximum Gasteiger partial charge on any atom is 0.119 e. The van der Waals surface area contributed by atoms with E-state index < -0.39 is 0 Å². The van der Waals surface area contributed by atoms with Crippen LogP contribution in [0.4, 0.5) is 0 Å². The fourth-order valence-electron chi connectivity index (χ4n) is 2.25. The predicted octanol–water partition coefficient (Wildman–Crippen LogP) is 4.17.